The van der Waals surface area contributed by atoms with Crippen molar-refractivity contribution in [1.29, 1.82) is 0 Å². The van der Waals surface area contributed by atoms with Crippen molar-refractivity contribution in [2.75, 3.05) is 39.3 Å². The maximum Gasteiger partial charge on any atom is 0.245 e. The number of benzene rings is 1. The predicted octanol–water partition coefficient (Wildman–Crippen LogP) is -9.22. The number of hydrogen-bond donors (Lipinski definition) is 18. The zero-order valence-corrected chi connectivity index (χ0v) is 50.1. The summed E-state index contributed by atoms with van der Waals surface area (Å²) >= 11 is 0. The molecule has 84 heavy (non-hydrogen) atoms. The van der Waals surface area contributed by atoms with E-state index in [1.807, 2.05) is 13.8 Å². The van der Waals surface area contributed by atoms with Crippen molar-refractivity contribution in [1.82, 2.24) is 58.5 Å². The first-order valence-electron chi connectivity index (χ1n) is 29.5. The Kier molecular flexibility index (Phi) is 33.9. The molecule has 1 saturated heterocycles. The van der Waals surface area contributed by atoms with Crippen molar-refractivity contribution < 1.29 is 91.6 Å². The summed E-state index contributed by atoms with van der Waals surface area (Å²) in [6.07, 6.45) is -1.13. The number of hydrogen-bond acceptors (Lipinski definition) is 13. The molecule has 0 aliphatic carbocycles. The molecule has 0 saturated carbocycles. The van der Waals surface area contributed by atoms with Crippen LogP contribution in [0.1, 0.15) is 118 Å². The molecule has 1 aromatic carbocycles. The molecule has 474 valence electrons. The van der Waals surface area contributed by atoms with Crippen molar-refractivity contribution >= 4 is 65.0 Å². The van der Waals surface area contributed by atoms with E-state index in [9.17, 15) is 63.0 Å². The number of carbonyl (C=O) groups excluding carboxylic acids is 11. The first-order valence-corrected chi connectivity index (χ1v) is 29.5. The molecule has 11 amide bonds. The van der Waals surface area contributed by atoms with Crippen LogP contribution in [-0.4, -0.2) is 187 Å². The second-order valence-electron chi connectivity index (χ2n) is 22.3. The van der Waals surface area contributed by atoms with E-state index in [0.717, 1.165) is 12.8 Å². The lowest BCUT2D eigenvalue weighted by atomic mass is 10.00. The van der Waals surface area contributed by atoms with Gasteiger partial charge in [0.1, 0.15) is 60.4 Å². The lowest BCUT2D eigenvalue weighted by Gasteiger charge is -2.28. The Bertz CT molecular complexity index is 2290. The first kappa shape index (κ1) is 73.2. The van der Waals surface area contributed by atoms with E-state index in [0.29, 0.717) is 17.9 Å². The number of amides is 11. The average molecular weight is 1190 g/mol. The molecule has 1 aromatic rings. The SMILES string of the molecule is CC(C)CCCCC(=O)N[C@@H](CC[NH3+])C(=O)N[C@H](C(=O)N[C@@H](CC[NH3+])C(=O)N[C@H]1CCNC(=O)[C@H]([C@@H](C)O)NC(=O)[C@H](CC[NH3+])NC(=O)[C@H](CC[NH3+])NC(=O)[C@H](CC(C)C)NC(=O)[C@@H](Cc2ccccc2)NC(=O)[C@H](CC[NH3+])NC1=O)[C@@H](C)O. The topological polar surface area (TPSA) is 499 Å². The molecule has 0 unspecified atom stereocenters. The van der Waals surface area contributed by atoms with Gasteiger partial charge in [0.15, 0.2) is 0 Å². The van der Waals surface area contributed by atoms with E-state index in [1.54, 1.807) is 30.3 Å². The Balaban J connectivity index is 2.69. The van der Waals surface area contributed by atoms with E-state index in [1.165, 1.54) is 13.8 Å². The van der Waals surface area contributed by atoms with Crippen LogP contribution in [-0.2, 0) is 59.2 Å². The highest BCUT2D eigenvalue weighted by Gasteiger charge is 2.38. The lowest BCUT2D eigenvalue weighted by Crippen LogP contribution is -2.63. The monoisotopic (exact) mass is 1190 g/mol. The van der Waals surface area contributed by atoms with Crippen LogP contribution in [0.4, 0.5) is 0 Å². The molecular formula is C55H101N16O13+5. The molecule has 1 aliphatic rings. The number of aliphatic hydroxyl groups excluding tert-OH is 2. The number of rotatable bonds is 28. The minimum Gasteiger partial charge on any atom is -0.391 e. The van der Waals surface area contributed by atoms with Crippen LogP contribution in [0.15, 0.2) is 30.3 Å². The van der Waals surface area contributed by atoms with Crippen molar-refractivity contribution in [2.24, 2.45) is 11.8 Å². The van der Waals surface area contributed by atoms with Crippen LogP contribution in [0.3, 0.4) is 0 Å². The summed E-state index contributed by atoms with van der Waals surface area (Å²) in [4.78, 5) is 154. The minimum atomic E-state index is -1.65. The zero-order valence-electron chi connectivity index (χ0n) is 50.1. The Morgan fingerprint density at radius 3 is 1.52 bits per heavy atom. The molecule has 1 fully saturated rings. The van der Waals surface area contributed by atoms with Crippen LogP contribution < -0.4 is 87.2 Å². The normalized spacial score (nSPS) is 22.7. The number of aliphatic hydroxyl groups is 2. The van der Waals surface area contributed by atoms with Crippen molar-refractivity contribution in [3.8, 4) is 0 Å². The second kappa shape index (κ2) is 38.9. The molecule has 1 heterocycles. The molecule has 2 rings (SSSR count). The smallest absolute Gasteiger partial charge is 0.245 e. The van der Waals surface area contributed by atoms with Crippen molar-refractivity contribution in [3.05, 3.63) is 35.9 Å². The maximum atomic E-state index is 14.6. The van der Waals surface area contributed by atoms with E-state index in [2.05, 4.69) is 101 Å². The molecule has 0 spiro atoms. The summed E-state index contributed by atoms with van der Waals surface area (Å²) in [5, 5.41) is 50.3. The zero-order chi connectivity index (χ0) is 63.1. The number of quaternary nitrogens is 5. The van der Waals surface area contributed by atoms with Crippen molar-refractivity contribution in [3.63, 3.8) is 0 Å². The Labute approximate surface area is 491 Å². The van der Waals surface area contributed by atoms with Crippen LogP contribution in [0.5, 0.6) is 0 Å². The molecule has 12 atom stereocenters. The summed E-state index contributed by atoms with van der Waals surface area (Å²) < 4.78 is 0. The lowest BCUT2D eigenvalue weighted by molar-refractivity contribution is -0.369. The first-order chi connectivity index (χ1) is 39.8. The Morgan fingerprint density at radius 2 is 1.02 bits per heavy atom. The molecule has 29 nitrogen and oxygen atoms in total. The van der Waals surface area contributed by atoms with E-state index in [4.69, 9.17) is 0 Å². The summed E-state index contributed by atoms with van der Waals surface area (Å²) in [6.45, 7) is 10.5. The number of unbranched alkanes of at least 4 members (excludes halogenated alkanes) is 1. The van der Waals surface area contributed by atoms with Gasteiger partial charge in [0, 0.05) is 51.5 Å². The van der Waals surface area contributed by atoms with Crippen LogP contribution in [0.2, 0.25) is 0 Å². The van der Waals surface area contributed by atoms with Gasteiger partial charge in [0.05, 0.1) is 44.9 Å². The highest BCUT2D eigenvalue weighted by Crippen LogP contribution is 2.12. The van der Waals surface area contributed by atoms with Gasteiger partial charge in [-0.05, 0) is 50.5 Å². The van der Waals surface area contributed by atoms with E-state index < -0.39 is 145 Å². The molecule has 0 bridgehead atoms. The summed E-state index contributed by atoms with van der Waals surface area (Å²) in [7, 11) is 0. The fourth-order valence-corrected chi connectivity index (χ4v) is 9.16. The van der Waals surface area contributed by atoms with Gasteiger partial charge in [-0.1, -0.05) is 70.9 Å². The van der Waals surface area contributed by atoms with Gasteiger partial charge in [-0.25, -0.2) is 0 Å². The fraction of sp³-hybridized carbons (Fsp3) is 0.691. The fourth-order valence-electron chi connectivity index (χ4n) is 9.16. The quantitative estimate of drug-likeness (QED) is 0.0347. The third kappa shape index (κ3) is 26.4. The molecule has 0 aromatic heterocycles. The van der Waals surface area contributed by atoms with Crippen molar-refractivity contribution in [2.45, 2.75) is 191 Å². The maximum absolute atomic E-state index is 14.6. The molecule has 0 radical (unpaired) electrons. The molecule has 1 aliphatic heterocycles. The third-order valence-corrected chi connectivity index (χ3v) is 13.8. The number of nitrogens with one attached hydrogen (secondary N) is 11. The predicted molar refractivity (Wildman–Crippen MR) is 305 cm³/mol. The molecular weight excluding hydrogens is 1090 g/mol. The second-order valence-corrected chi connectivity index (χ2v) is 22.3. The van der Waals surface area contributed by atoms with Gasteiger partial charge in [-0.15, -0.1) is 0 Å². The van der Waals surface area contributed by atoms with Gasteiger partial charge in [-0.3, -0.25) is 52.7 Å². The van der Waals surface area contributed by atoms with Gasteiger partial charge in [0.2, 0.25) is 65.0 Å². The Hall–Kier alpha value is -6.89. The standard InChI is InChI=1S/C55H96N16O13/c1-30(2)12-10-11-15-43(74)62-35(16-22-56)50(79)71-45(33(6)73)55(84)67-38(19-25-59)47(76)66-40-21-27-61-54(83)44(32(5)72)70-51(80)39(20-26-60)64-46(75)36(17-23-57)65-52(81)41(28-31(3)4)68-53(82)42(29-34-13-8-7-9-14-34)69-48(77)37(18-24-58)63-49(40)78/h7-9,13-14,30-33,35-42,44-45,72-73H,10-12,15-29,56-60H2,1-6H3,(H,61,83)(H,62,74)(H,63,78)(H,64,75)(H,65,81)(H,66,76)(H,67,84)(H,68,82)(H,69,77)(H,70,80)(H,71,79)/p+5/t32-,33-,35+,36+,37+,38+,39+,40+,41+,42-,44+,45+/m1/s1. The Morgan fingerprint density at radius 1 is 0.536 bits per heavy atom. The summed E-state index contributed by atoms with van der Waals surface area (Å²) in [5.74, 6) is -8.83. The molecule has 28 N–H and O–H groups in total. The number of carbonyl (C=O) groups is 11. The third-order valence-electron chi connectivity index (χ3n) is 13.8. The molecule has 29 heteroatoms. The van der Waals surface area contributed by atoms with Crippen LogP contribution >= 0.6 is 0 Å². The van der Waals surface area contributed by atoms with Gasteiger partial charge < -0.3 is 97.4 Å². The average Bonchev–Trinajstić information content (AvgIpc) is 3.63. The van der Waals surface area contributed by atoms with E-state index in [-0.39, 0.29) is 95.9 Å². The highest BCUT2D eigenvalue weighted by molar-refractivity contribution is 5.99. The van der Waals surface area contributed by atoms with E-state index >= 15 is 0 Å². The van der Waals surface area contributed by atoms with Gasteiger partial charge >= 0.3 is 0 Å². The minimum absolute atomic E-state index is 0.0129. The van der Waals surface area contributed by atoms with Crippen LogP contribution in [0.25, 0.3) is 0 Å². The van der Waals surface area contributed by atoms with Crippen LogP contribution in [0, 0.1) is 11.8 Å². The largest absolute Gasteiger partial charge is 0.391 e. The highest BCUT2D eigenvalue weighted by atomic mass is 16.3. The summed E-state index contributed by atoms with van der Waals surface area (Å²) in [6, 6.07) is -5.42. The van der Waals surface area contributed by atoms with Gasteiger partial charge in [0.25, 0.3) is 0 Å². The van der Waals surface area contributed by atoms with Gasteiger partial charge in [-0.2, -0.15) is 0 Å². The summed E-state index contributed by atoms with van der Waals surface area (Å²) in [5.41, 5.74) is 19.7.